The summed E-state index contributed by atoms with van der Waals surface area (Å²) in [6, 6.07) is 0. The Hall–Kier alpha value is -1.30. The fraction of sp³-hybridized carbons (Fsp3) is 0.800. The second-order valence-electron chi connectivity index (χ2n) is 4.65. The first-order chi connectivity index (χ1) is 9.08. The maximum absolute atomic E-state index is 11.2. The predicted octanol–water partition coefficient (Wildman–Crippen LogP) is -4.33. The highest BCUT2D eigenvalue weighted by Crippen LogP contribution is 2.32. The quantitative estimate of drug-likeness (QED) is 0.256. The molecule has 116 valence electrons. The Morgan fingerprint density at radius 3 is 2.15 bits per heavy atom. The Morgan fingerprint density at radius 1 is 1.25 bits per heavy atom. The van der Waals surface area contributed by atoms with E-state index in [9.17, 15) is 24.9 Å². The zero-order valence-corrected chi connectivity index (χ0v) is 11.0. The molecule has 1 aliphatic rings. The van der Waals surface area contributed by atoms with Crippen LogP contribution in [0.25, 0.3) is 0 Å². The molecule has 1 unspecified atom stereocenters. The van der Waals surface area contributed by atoms with Gasteiger partial charge in [0.05, 0.1) is 6.61 Å². The van der Waals surface area contributed by atoms with Crippen molar-refractivity contribution >= 4 is 11.8 Å². The van der Waals surface area contributed by atoms with Crippen LogP contribution in [0.2, 0.25) is 0 Å². The zero-order chi connectivity index (χ0) is 15.7. The monoisotopic (exact) mass is 293 g/mol. The number of aliphatic hydroxyl groups excluding tert-OH is 3. The van der Waals surface area contributed by atoms with Crippen molar-refractivity contribution in [2.24, 2.45) is 5.73 Å². The van der Waals surface area contributed by atoms with E-state index in [2.05, 4.69) is 0 Å². The van der Waals surface area contributed by atoms with Gasteiger partial charge in [-0.3, -0.25) is 9.59 Å². The number of amides is 2. The average Bonchev–Trinajstić information content (AvgIpc) is 2.31. The summed E-state index contributed by atoms with van der Waals surface area (Å²) in [4.78, 5) is 22.4. The first-order valence-electron chi connectivity index (χ1n) is 5.79. The number of nitrogens with two attached hydrogens (primary N) is 1. The normalized spacial score (nSPS) is 41.0. The molecule has 1 heterocycles. The second-order valence-corrected chi connectivity index (χ2v) is 4.65. The van der Waals surface area contributed by atoms with Crippen molar-refractivity contribution in [3.8, 4) is 0 Å². The number of rotatable bonds is 3. The molecule has 0 saturated carbocycles. The minimum absolute atomic E-state index is 0.742. The van der Waals surface area contributed by atoms with E-state index in [0.717, 1.165) is 13.8 Å². The van der Waals surface area contributed by atoms with Crippen molar-refractivity contribution in [3.63, 3.8) is 0 Å². The SMILES string of the molecule is CC(=O)N[C@@]1(N)C(O)O[C@H](CO)[C@@H](O)[C@@]1(O)NC(C)=O. The van der Waals surface area contributed by atoms with Crippen LogP contribution in [0.5, 0.6) is 0 Å². The van der Waals surface area contributed by atoms with Crippen LogP contribution in [0.4, 0.5) is 0 Å². The van der Waals surface area contributed by atoms with Crippen molar-refractivity contribution in [2.45, 2.75) is 43.7 Å². The fourth-order valence-electron chi connectivity index (χ4n) is 2.09. The summed E-state index contributed by atoms with van der Waals surface area (Å²) in [6.07, 6.45) is -5.28. The van der Waals surface area contributed by atoms with Gasteiger partial charge in [-0.15, -0.1) is 0 Å². The van der Waals surface area contributed by atoms with Crippen molar-refractivity contribution in [1.82, 2.24) is 10.6 Å². The Bertz CT molecular complexity index is 406. The molecule has 0 aliphatic carbocycles. The summed E-state index contributed by atoms with van der Waals surface area (Å²) in [7, 11) is 0. The number of carbonyl (C=O) groups excluding carboxylic acids is 2. The lowest BCUT2D eigenvalue weighted by Gasteiger charge is -2.54. The van der Waals surface area contributed by atoms with Crippen LogP contribution in [-0.4, -0.2) is 68.7 Å². The van der Waals surface area contributed by atoms with Gasteiger partial charge in [0, 0.05) is 13.8 Å². The number of hydrogen-bond acceptors (Lipinski definition) is 8. The van der Waals surface area contributed by atoms with Crippen LogP contribution < -0.4 is 16.4 Å². The van der Waals surface area contributed by atoms with Crippen molar-refractivity contribution in [1.29, 1.82) is 0 Å². The van der Waals surface area contributed by atoms with Gasteiger partial charge in [0.25, 0.3) is 0 Å². The molecule has 1 rings (SSSR count). The molecule has 0 radical (unpaired) electrons. The van der Waals surface area contributed by atoms with E-state index in [4.69, 9.17) is 15.6 Å². The number of hydrogen-bond donors (Lipinski definition) is 7. The Balaban J connectivity index is 3.29. The van der Waals surface area contributed by atoms with E-state index in [1.807, 2.05) is 10.6 Å². The molecule has 1 fully saturated rings. The third-order valence-corrected chi connectivity index (χ3v) is 3.03. The lowest BCUT2D eigenvalue weighted by atomic mass is 9.84. The molecular weight excluding hydrogens is 274 g/mol. The Labute approximate surface area is 114 Å². The molecule has 10 nitrogen and oxygen atoms in total. The van der Waals surface area contributed by atoms with Gasteiger partial charge in [0.1, 0.15) is 12.2 Å². The summed E-state index contributed by atoms with van der Waals surface area (Å²) < 4.78 is 4.85. The number of ether oxygens (including phenoxy) is 1. The summed E-state index contributed by atoms with van der Waals surface area (Å²) in [5.74, 6) is -1.52. The highest BCUT2D eigenvalue weighted by Gasteiger charge is 2.65. The summed E-state index contributed by atoms with van der Waals surface area (Å²) >= 11 is 0. The van der Waals surface area contributed by atoms with Gasteiger partial charge < -0.3 is 41.5 Å². The van der Waals surface area contributed by atoms with E-state index in [-0.39, 0.29) is 0 Å². The van der Waals surface area contributed by atoms with Gasteiger partial charge in [0.2, 0.25) is 17.5 Å². The molecule has 0 aromatic rings. The lowest BCUT2D eigenvalue weighted by molar-refractivity contribution is -0.324. The molecular formula is C10H19N3O7. The molecule has 0 aromatic carbocycles. The van der Waals surface area contributed by atoms with E-state index >= 15 is 0 Å². The van der Waals surface area contributed by atoms with Crippen LogP contribution in [0.3, 0.4) is 0 Å². The van der Waals surface area contributed by atoms with Gasteiger partial charge in [-0.1, -0.05) is 0 Å². The van der Waals surface area contributed by atoms with E-state index < -0.39 is 48.3 Å². The second kappa shape index (κ2) is 5.60. The topological polar surface area (TPSA) is 174 Å². The highest BCUT2D eigenvalue weighted by molar-refractivity contribution is 5.76. The molecule has 20 heavy (non-hydrogen) atoms. The zero-order valence-electron chi connectivity index (χ0n) is 11.0. The van der Waals surface area contributed by atoms with Gasteiger partial charge in [-0.25, -0.2) is 0 Å². The van der Waals surface area contributed by atoms with Gasteiger partial charge in [-0.05, 0) is 0 Å². The molecule has 8 N–H and O–H groups in total. The highest BCUT2D eigenvalue weighted by atomic mass is 16.6. The third-order valence-electron chi connectivity index (χ3n) is 3.03. The van der Waals surface area contributed by atoms with Gasteiger partial charge in [0.15, 0.2) is 12.0 Å². The number of nitrogens with one attached hydrogen (secondary N) is 2. The van der Waals surface area contributed by atoms with E-state index in [1.165, 1.54) is 0 Å². The number of carbonyl (C=O) groups is 2. The van der Waals surface area contributed by atoms with E-state index in [1.54, 1.807) is 0 Å². The molecule has 1 saturated heterocycles. The standard InChI is InChI=1S/C10H19N3O7/c1-4(15)12-9(11)8(18)20-6(3-14)7(17)10(9,19)13-5(2)16/h6-8,14,17-19H,3,11H2,1-2H3,(H,12,15)(H,13,16)/t6-,7-,8?,9+,10+/m1/s1. The smallest absolute Gasteiger partial charge is 0.219 e. The van der Waals surface area contributed by atoms with E-state index in [0.29, 0.717) is 0 Å². The van der Waals surface area contributed by atoms with Gasteiger partial charge in [-0.2, -0.15) is 0 Å². The molecule has 1 aliphatic heterocycles. The molecule has 2 amide bonds. The third kappa shape index (κ3) is 2.61. The minimum atomic E-state index is -2.64. The molecule has 5 atom stereocenters. The Kier molecular flexibility index (Phi) is 4.69. The first kappa shape index (κ1) is 16.8. The Morgan fingerprint density at radius 2 is 1.75 bits per heavy atom. The average molecular weight is 293 g/mol. The molecule has 0 aromatic heterocycles. The van der Waals surface area contributed by atoms with Crippen LogP contribution >= 0.6 is 0 Å². The molecule has 0 spiro atoms. The van der Waals surface area contributed by atoms with Crippen LogP contribution in [0, 0.1) is 0 Å². The van der Waals surface area contributed by atoms with Crippen LogP contribution in [0.1, 0.15) is 13.8 Å². The summed E-state index contributed by atoms with van der Waals surface area (Å²) in [5.41, 5.74) is 0.674. The van der Waals surface area contributed by atoms with Crippen molar-refractivity contribution in [3.05, 3.63) is 0 Å². The lowest BCUT2D eigenvalue weighted by Crippen LogP contribution is -2.88. The van der Waals surface area contributed by atoms with Gasteiger partial charge >= 0.3 is 0 Å². The summed E-state index contributed by atoms with van der Waals surface area (Å²) in [5, 5.41) is 43.4. The first-order valence-corrected chi connectivity index (χ1v) is 5.79. The maximum Gasteiger partial charge on any atom is 0.219 e. The minimum Gasteiger partial charge on any atom is -0.394 e. The maximum atomic E-state index is 11.2. The molecule has 10 heteroatoms. The predicted molar refractivity (Wildman–Crippen MR) is 63.5 cm³/mol. The van der Waals surface area contributed by atoms with Crippen LogP contribution in [0.15, 0.2) is 0 Å². The summed E-state index contributed by atoms with van der Waals surface area (Å²) in [6.45, 7) is 1.34. The fourth-order valence-corrected chi connectivity index (χ4v) is 2.09. The molecule has 0 bridgehead atoms. The van der Waals surface area contributed by atoms with Crippen LogP contribution in [-0.2, 0) is 14.3 Å². The number of aliphatic hydroxyl groups is 4. The largest absolute Gasteiger partial charge is 0.394 e. The van der Waals surface area contributed by atoms with Crippen molar-refractivity contribution in [2.75, 3.05) is 6.61 Å². The van der Waals surface area contributed by atoms with Crippen molar-refractivity contribution < 1.29 is 34.8 Å².